The number of carbonyl (C=O) groups is 2. The van der Waals surface area contributed by atoms with Gasteiger partial charge in [-0.1, -0.05) is 0 Å². The Kier molecular flexibility index (Phi) is 2.49. The third kappa shape index (κ3) is 1.93. The second-order valence-electron chi connectivity index (χ2n) is 4.44. The summed E-state index contributed by atoms with van der Waals surface area (Å²) in [6, 6.07) is 0. The fourth-order valence-electron chi connectivity index (χ4n) is 1.86. The van der Waals surface area contributed by atoms with Crippen molar-refractivity contribution in [1.29, 1.82) is 0 Å². The number of hydrogen-bond donors (Lipinski definition) is 3. The van der Waals surface area contributed by atoms with Crippen LogP contribution in [0.1, 0.15) is 24.0 Å². The standard InChI is InChI=1S/C9H14N6O2/c1-9(7(10)17)2-3-15(4-9)6(16)5-12-8(11)14-13-5/h2-4H2,1H3,(H2,10,17)(H3,11,12,13,14). The van der Waals surface area contributed by atoms with Gasteiger partial charge in [-0.3, -0.25) is 14.7 Å². The first-order chi connectivity index (χ1) is 7.92. The van der Waals surface area contributed by atoms with Crippen molar-refractivity contribution in [3.63, 3.8) is 0 Å². The lowest BCUT2D eigenvalue weighted by Crippen LogP contribution is -2.38. The molecule has 0 spiro atoms. The van der Waals surface area contributed by atoms with Gasteiger partial charge in [0.05, 0.1) is 5.41 Å². The molecule has 0 aliphatic carbocycles. The molecule has 17 heavy (non-hydrogen) atoms. The second kappa shape index (κ2) is 3.72. The Morgan fingerprint density at radius 2 is 2.24 bits per heavy atom. The fraction of sp³-hybridized carbons (Fsp3) is 0.556. The minimum atomic E-state index is -0.665. The fourth-order valence-corrected chi connectivity index (χ4v) is 1.86. The normalized spacial score (nSPS) is 23.9. The van der Waals surface area contributed by atoms with E-state index >= 15 is 0 Å². The highest BCUT2D eigenvalue weighted by Crippen LogP contribution is 2.29. The number of aromatic nitrogens is 3. The summed E-state index contributed by atoms with van der Waals surface area (Å²) in [4.78, 5) is 28.5. The van der Waals surface area contributed by atoms with Crippen LogP contribution in [0.5, 0.6) is 0 Å². The molecule has 1 aliphatic heterocycles. The largest absolute Gasteiger partial charge is 0.369 e. The number of nitrogen functional groups attached to an aromatic ring is 1. The predicted molar refractivity (Wildman–Crippen MR) is 58.6 cm³/mol. The van der Waals surface area contributed by atoms with Crippen LogP contribution < -0.4 is 11.5 Å². The van der Waals surface area contributed by atoms with Crippen molar-refractivity contribution in [2.45, 2.75) is 13.3 Å². The number of carbonyl (C=O) groups excluding carboxylic acids is 2. The number of rotatable bonds is 2. The number of hydrogen-bond acceptors (Lipinski definition) is 5. The summed E-state index contributed by atoms with van der Waals surface area (Å²) in [6.45, 7) is 2.51. The van der Waals surface area contributed by atoms with Gasteiger partial charge in [0.25, 0.3) is 5.91 Å². The number of H-pyrrole nitrogens is 1. The maximum atomic E-state index is 12.0. The molecular weight excluding hydrogens is 224 g/mol. The van der Waals surface area contributed by atoms with Gasteiger partial charge in [0.2, 0.25) is 17.7 Å². The monoisotopic (exact) mass is 238 g/mol. The first-order valence-corrected chi connectivity index (χ1v) is 5.19. The molecule has 0 bridgehead atoms. The lowest BCUT2D eigenvalue weighted by Gasteiger charge is -2.20. The first kappa shape index (κ1) is 11.4. The average Bonchev–Trinajstić information content (AvgIpc) is 2.85. The van der Waals surface area contributed by atoms with Crippen LogP contribution in [0.3, 0.4) is 0 Å². The summed E-state index contributed by atoms with van der Waals surface area (Å²) in [5.41, 5.74) is 9.96. The van der Waals surface area contributed by atoms with Gasteiger partial charge in [-0.25, -0.2) is 0 Å². The van der Waals surface area contributed by atoms with Crippen LogP contribution in [-0.2, 0) is 4.79 Å². The van der Waals surface area contributed by atoms with E-state index in [0.717, 1.165) is 0 Å². The number of nitrogens with two attached hydrogens (primary N) is 2. The van der Waals surface area contributed by atoms with E-state index < -0.39 is 11.3 Å². The average molecular weight is 238 g/mol. The summed E-state index contributed by atoms with van der Waals surface area (Å²) < 4.78 is 0. The molecule has 1 aromatic heterocycles. The first-order valence-electron chi connectivity index (χ1n) is 5.19. The molecule has 8 heteroatoms. The number of nitrogens with one attached hydrogen (secondary N) is 1. The Morgan fingerprint density at radius 1 is 1.53 bits per heavy atom. The van der Waals surface area contributed by atoms with Crippen LogP contribution in [0, 0.1) is 5.41 Å². The number of amides is 2. The number of aromatic amines is 1. The predicted octanol–water partition coefficient (Wildman–Crippen LogP) is -1.28. The van der Waals surface area contributed by atoms with Gasteiger partial charge in [-0.15, -0.1) is 5.10 Å². The number of likely N-dealkylation sites (tertiary alicyclic amines) is 1. The van der Waals surface area contributed by atoms with E-state index in [1.165, 1.54) is 4.90 Å². The van der Waals surface area contributed by atoms with Crippen LogP contribution in [0.4, 0.5) is 5.95 Å². The Balaban J connectivity index is 2.11. The van der Waals surface area contributed by atoms with Crippen LogP contribution in [0.15, 0.2) is 0 Å². The van der Waals surface area contributed by atoms with E-state index in [4.69, 9.17) is 11.5 Å². The van der Waals surface area contributed by atoms with Gasteiger partial charge >= 0.3 is 0 Å². The van der Waals surface area contributed by atoms with Crippen molar-refractivity contribution in [2.75, 3.05) is 18.8 Å². The highest BCUT2D eigenvalue weighted by atomic mass is 16.2. The summed E-state index contributed by atoms with van der Waals surface area (Å²) in [5.74, 6) is -0.620. The minimum Gasteiger partial charge on any atom is -0.369 e. The molecule has 2 amide bonds. The lowest BCUT2D eigenvalue weighted by atomic mass is 9.89. The maximum absolute atomic E-state index is 12.0. The van der Waals surface area contributed by atoms with Crippen LogP contribution in [0.25, 0.3) is 0 Å². The second-order valence-corrected chi connectivity index (χ2v) is 4.44. The van der Waals surface area contributed by atoms with Crippen LogP contribution in [0.2, 0.25) is 0 Å². The van der Waals surface area contributed by atoms with Crippen LogP contribution in [-0.4, -0.2) is 45.0 Å². The summed E-state index contributed by atoms with van der Waals surface area (Å²) in [5, 5.41) is 6.03. The molecule has 5 N–H and O–H groups in total. The van der Waals surface area contributed by atoms with Gasteiger partial charge in [0.15, 0.2) is 0 Å². The molecule has 1 unspecified atom stereocenters. The SMILES string of the molecule is CC1(C(N)=O)CCN(C(=O)c2nc(N)n[nH]2)C1. The molecule has 1 fully saturated rings. The molecule has 1 atom stereocenters. The molecule has 8 nitrogen and oxygen atoms in total. The van der Waals surface area contributed by atoms with E-state index in [-0.39, 0.29) is 17.7 Å². The van der Waals surface area contributed by atoms with E-state index in [1.54, 1.807) is 6.92 Å². The van der Waals surface area contributed by atoms with E-state index in [1.807, 2.05) is 0 Å². The molecule has 0 saturated carbocycles. The van der Waals surface area contributed by atoms with Crippen LogP contribution >= 0.6 is 0 Å². The van der Waals surface area contributed by atoms with E-state index in [2.05, 4.69) is 15.2 Å². The number of nitrogens with zero attached hydrogens (tertiary/aromatic N) is 3. The van der Waals surface area contributed by atoms with Crippen molar-refractivity contribution in [2.24, 2.45) is 11.1 Å². The quantitative estimate of drug-likeness (QED) is 0.590. The highest BCUT2D eigenvalue weighted by Gasteiger charge is 2.41. The van der Waals surface area contributed by atoms with E-state index in [0.29, 0.717) is 19.5 Å². The molecule has 1 aromatic rings. The van der Waals surface area contributed by atoms with Gasteiger partial charge < -0.3 is 16.4 Å². The zero-order valence-corrected chi connectivity index (χ0v) is 9.43. The molecule has 92 valence electrons. The zero-order valence-electron chi connectivity index (χ0n) is 9.43. The van der Waals surface area contributed by atoms with E-state index in [9.17, 15) is 9.59 Å². The van der Waals surface area contributed by atoms with Crippen molar-refractivity contribution in [3.8, 4) is 0 Å². The highest BCUT2D eigenvalue weighted by molar-refractivity contribution is 5.92. The van der Waals surface area contributed by atoms with Crippen molar-refractivity contribution < 1.29 is 9.59 Å². The zero-order chi connectivity index (χ0) is 12.6. The number of anilines is 1. The molecule has 2 heterocycles. The Hall–Kier alpha value is -2.12. The minimum absolute atomic E-state index is 0.0187. The summed E-state index contributed by atoms with van der Waals surface area (Å²) in [6.07, 6.45) is 0.553. The molecule has 0 aromatic carbocycles. The maximum Gasteiger partial charge on any atom is 0.291 e. The van der Waals surface area contributed by atoms with Gasteiger partial charge in [-0.05, 0) is 13.3 Å². The molecule has 2 rings (SSSR count). The van der Waals surface area contributed by atoms with Crippen molar-refractivity contribution in [1.82, 2.24) is 20.1 Å². The number of primary amides is 1. The summed E-state index contributed by atoms with van der Waals surface area (Å²) >= 11 is 0. The Morgan fingerprint density at radius 3 is 2.71 bits per heavy atom. The molecule has 0 radical (unpaired) electrons. The van der Waals surface area contributed by atoms with Crippen molar-refractivity contribution >= 4 is 17.8 Å². The van der Waals surface area contributed by atoms with Gasteiger partial charge in [-0.2, -0.15) is 4.98 Å². The molecular formula is C9H14N6O2. The smallest absolute Gasteiger partial charge is 0.291 e. The van der Waals surface area contributed by atoms with Crippen molar-refractivity contribution in [3.05, 3.63) is 5.82 Å². The Bertz CT molecular complexity index is 470. The third-order valence-corrected chi connectivity index (χ3v) is 3.06. The molecule has 1 aliphatic rings. The molecule has 1 saturated heterocycles. The lowest BCUT2D eigenvalue weighted by molar-refractivity contribution is -0.126. The Labute approximate surface area is 97.4 Å². The van der Waals surface area contributed by atoms with Gasteiger partial charge in [0, 0.05) is 13.1 Å². The topological polar surface area (TPSA) is 131 Å². The van der Waals surface area contributed by atoms with Gasteiger partial charge in [0.1, 0.15) is 0 Å². The third-order valence-electron chi connectivity index (χ3n) is 3.06. The summed E-state index contributed by atoms with van der Waals surface area (Å²) in [7, 11) is 0.